The molecular formula is C15H16N2OS2. The molecule has 0 saturated carbocycles. The molecule has 0 aliphatic heterocycles. The van der Waals surface area contributed by atoms with Crippen molar-refractivity contribution in [2.24, 2.45) is 5.73 Å². The molecule has 1 aromatic carbocycles. The van der Waals surface area contributed by atoms with Crippen LogP contribution in [0.25, 0.3) is 0 Å². The van der Waals surface area contributed by atoms with Gasteiger partial charge in [-0.25, -0.2) is 0 Å². The van der Waals surface area contributed by atoms with E-state index in [1.807, 2.05) is 49.4 Å². The number of carbonyl (C=O) groups excluding carboxylic acids is 1. The van der Waals surface area contributed by atoms with Gasteiger partial charge in [0, 0.05) is 9.75 Å². The summed E-state index contributed by atoms with van der Waals surface area (Å²) < 4.78 is 0. The highest BCUT2D eigenvalue weighted by atomic mass is 32.1. The second-order valence-corrected chi connectivity index (χ2v) is 6.32. The fraction of sp³-hybridized carbons (Fsp3) is 0.200. The minimum Gasteiger partial charge on any atom is -0.392 e. The van der Waals surface area contributed by atoms with E-state index >= 15 is 0 Å². The van der Waals surface area contributed by atoms with E-state index in [1.54, 1.807) is 11.3 Å². The summed E-state index contributed by atoms with van der Waals surface area (Å²) in [4.78, 5) is 14.8. The maximum Gasteiger partial charge on any atom is 0.234 e. The molecule has 5 heteroatoms. The molecule has 0 saturated heterocycles. The molecule has 1 unspecified atom stereocenters. The third-order valence-electron chi connectivity index (χ3n) is 2.91. The van der Waals surface area contributed by atoms with Gasteiger partial charge in [0.05, 0.1) is 11.5 Å². The van der Waals surface area contributed by atoms with Crippen LogP contribution in [0, 0.1) is 6.92 Å². The standard InChI is InChI=1S/C15H16N2OS2/c1-10-7-8-12(20-10)9-17-15(18)13(14(16)19)11-5-3-2-4-6-11/h2-8,13H,9H2,1H3,(H2,16,19)(H,17,18). The monoisotopic (exact) mass is 304 g/mol. The predicted octanol–water partition coefficient (Wildman–Crippen LogP) is 2.74. The summed E-state index contributed by atoms with van der Waals surface area (Å²) in [6.45, 7) is 2.54. The van der Waals surface area contributed by atoms with E-state index in [2.05, 4.69) is 5.32 Å². The van der Waals surface area contributed by atoms with Crippen molar-refractivity contribution in [1.82, 2.24) is 5.32 Å². The van der Waals surface area contributed by atoms with Crippen molar-refractivity contribution in [2.75, 3.05) is 0 Å². The third kappa shape index (κ3) is 3.65. The zero-order chi connectivity index (χ0) is 14.5. The molecule has 3 nitrogen and oxygen atoms in total. The maximum absolute atomic E-state index is 12.3. The van der Waals surface area contributed by atoms with Crippen LogP contribution in [0.1, 0.15) is 21.2 Å². The lowest BCUT2D eigenvalue weighted by Gasteiger charge is -2.15. The number of rotatable bonds is 5. The van der Waals surface area contributed by atoms with Gasteiger partial charge in [-0.15, -0.1) is 11.3 Å². The van der Waals surface area contributed by atoms with Crippen molar-refractivity contribution in [2.45, 2.75) is 19.4 Å². The Bertz CT molecular complexity index is 607. The number of nitrogens with one attached hydrogen (secondary N) is 1. The van der Waals surface area contributed by atoms with Gasteiger partial charge >= 0.3 is 0 Å². The third-order valence-corrected chi connectivity index (χ3v) is 4.15. The molecule has 20 heavy (non-hydrogen) atoms. The van der Waals surface area contributed by atoms with Crippen LogP contribution in [0.15, 0.2) is 42.5 Å². The summed E-state index contributed by atoms with van der Waals surface area (Å²) in [5.74, 6) is -0.734. The normalized spacial score (nSPS) is 11.8. The Balaban J connectivity index is 2.06. The quantitative estimate of drug-likeness (QED) is 0.835. The van der Waals surface area contributed by atoms with Crippen molar-refractivity contribution in [1.29, 1.82) is 0 Å². The minimum absolute atomic E-state index is 0.158. The summed E-state index contributed by atoms with van der Waals surface area (Å²) in [6, 6.07) is 13.4. The Morgan fingerprint density at radius 1 is 1.30 bits per heavy atom. The van der Waals surface area contributed by atoms with E-state index in [0.717, 1.165) is 10.4 Å². The van der Waals surface area contributed by atoms with Gasteiger partial charge in [0.1, 0.15) is 5.92 Å². The lowest BCUT2D eigenvalue weighted by atomic mass is 9.98. The number of nitrogens with two attached hydrogens (primary N) is 1. The molecule has 0 bridgehead atoms. The summed E-state index contributed by atoms with van der Waals surface area (Å²) in [5.41, 5.74) is 6.54. The van der Waals surface area contributed by atoms with Gasteiger partial charge in [0.25, 0.3) is 0 Å². The van der Waals surface area contributed by atoms with Gasteiger partial charge in [-0.3, -0.25) is 4.79 Å². The Labute approximate surface area is 127 Å². The van der Waals surface area contributed by atoms with E-state index in [9.17, 15) is 4.79 Å². The lowest BCUT2D eigenvalue weighted by Crippen LogP contribution is -2.35. The maximum atomic E-state index is 12.3. The number of hydrogen-bond acceptors (Lipinski definition) is 3. The van der Waals surface area contributed by atoms with Crippen LogP contribution in [0.2, 0.25) is 0 Å². The van der Waals surface area contributed by atoms with Gasteiger partial charge in [0.15, 0.2) is 0 Å². The molecule has 0 aliphatic rings. The number of hydrogen-bond donors (Lipinski definition) is 2. The van der Waals surface area contributed by atoms with Crippen LogP contribution in [-0.4, -0.2) is 10.9 Å². The summed E-state index contributed by atoms with van der Waals surface area (Å²) in [5, 5.41) is 2.90. The number of thiocarbonyl (C=S) groups is 1. The Kier molecular flexibility index (Phi) is 4.87. The van der Waals surface area contributed by atoms with E-state index in [4.69, 9.17) is 18.0 Å². The van der Waals surface area contributed by atoms with Crippen molar-refractivity contribution < 1.29 is 4.79 Å². The molecule has 0 spiro atoms. The fourth-order valence-electron chi connectivity index (χ4n) is 1.95. The number of carbonyl (C=O) groups is 1. The smallest absolute Gasteiger partial charge is 0.234 e. The molecule has 0 aliphatic carbocycles. The molecule has 104 valence electrons. The van der Waals surface area contributed by atoms with Crippen molar-refractivity contribution in [3.05, 3.63) is 57.8 Å². The summed E-state index contributed by atoms with van der Waals surface area (Å²) in [6.07, 6.45) is 0. The largest absolute Gasteiger partial charge is 0.392 e. The van der Waals surface area contributed by atoms with Crippen LogP contribution in [0.5, 0.6) is 0 Å². The number of benzene rings is 1. The SMILES string of the molecule is Cc1ccc(CNC(=O)C(C(N)=S)c2ccccc2)s1. The number of amides is 1. The van der Waals surface area contributed by atoms with Crippen molar-refractivity contribution >= 4 is 34.5 Å². The summed E-state index contributed by atoms with van der Waals surface area (Å²) in [7, 11) is 0. The summed E-state index contributed by atoms with van der Waals surface area (Å²) >= 11 is 6.70. The average molecular weight is 304 g/mol. The second kappa shape index (κ2) is 6.63. The van der Waals surface area contributed by atoms with E-state index in [0.29, 0.717) is 6.54 Å². The first-order valence-corrected chi connectivity index (χ1v) is 7.47. The van der Waals surface area contributed by atoms with Gasteiger partial charge in [-0.05, 0) is 24.6 Å². The van der Waals surface area contributed by atoms with Crippen LogP contribution < -0.4 is 11.1 Å². The molecule has 1 atom stereocenters. The first-order valence-electron chi connectivity index (χ1n) is 6.25. The van der Waals surface area contributed by atoms with E-state index in [-0.39, 0.29) is 10.9 Å². The van der Waals surface area contributed by atoms with Crippen LogP contribution in [-0.2, 0) is 11.3 Å². The van der Waals surface area contributed by atoms with Gasteiger partial charge in [-0.1, -0.05) is 42.5 Å². The molecular weight excluding hydrogens is 288 g/mol. The average Bonchev–Trinajstić information content (AvgIpc) is 2.83. The Morgan fingerprint density at radius 2 is 2.00 bits per heavy atom. The molecule has 2 aromatic rings. The topological polar surface area (TPSA) is 55.1 Å². The van der Waals surface area contributed by atoms with Crippen molar-refractivity contribution in [3.8, 4) is 0 Å². The highest BCUT2D eigenvalue weighted by Gasteiger charge is 2.23. The Hall–Kier alpha value is -1.72. The molecule has 1 aromatic heterocycles. The first-order chi connectivity index (χ1) is 9.58. The molecule has 1 heterocycles. The first kappa shape index (κ1) is 14.7. The lowest BCUT2D eigenvalue weighted by molar-refractivity contribution is -0.121. The van der Waals surface area contributed by atoms with E-state index < -0.39 is 5.92 Å². The van der Waals surface area contributed by atoms with Gasteiger partial charge in [0.2, 0.25) is 5.91 Å². The minimum atomic E-state index is -0.577. The number of thiophene rings is 1. The fourth-order valence-corrected chi connectivity index (χ4v) is 3.02. The second-order valence-electron chi connectivity index (χ2n) is 4.48. The number of aryl methyl sites for hydroxylation is 1. The molecule has 1 amide bonds. The van der Waals surface area contributed by atoms with Crippen LogP contribution in [0.3, 0.4) is 0 Å². The zero-order valence-electron chi connectivity index (χ0n) is 11.1. The van der Waals surface area contributed by atoms with Gasteiger partial charge < -0.3 is 11.1 Å². The van der Waals surface area contributed by atoms with Crippen LogP contribution >= 0.6 is 23.6 Å². The van der Waals surface area contributed by atoms with E-state index in [1.165, 1.54) is 4.88 Å². The van der Waals surface area contributed by atoms with Crippen molar-refractivity contribution in [3.63, 3.8) is 0 Å². The predicted molar refractivity (Wildman–Crippen MR) is 86.9 cm³/mol. The zero-order valence-corrected chi connectivity index (χ0v) is 12.8. The molecule has 3 N–H and O–H groups in total. The van der Waals surface area contributed by atoms with Gasteiger partial charge in [-0.2, -0.15) is 0 Å². The molecule has 2 rings (SSSR count). The molecule has 0 radical (unpaired) electrons. The highest BCUT2D eigenvalue weighted by molar-refractivity contribution is 7.80. The van der Waals surface area contributed by atoms with Crippen LogP contribution in [0.4, 0.5) is 0 Å². The Morgan fingerprint density at radius 3 is 2.55 bits per heavy atom. The molecule has 0 fully saturated rings. The highest BCUT2D eigenvalue weighted by Crippen LogP contribution is 2.18.